The van der Waals surface area contributed by atoms with Gasteiger partial charge in [0.1, 0.15) is 12.0 Å². The van der Waals surface area contributed by atoms with Crippen molar-refractivity contribution in [2.45, 2.75) is 6.42 Å². The third kappa shape index (κ3) is 4.26. The van der Waals surface area contributed by atoms with Crippen molar-refractivity contribution in [3.8, 4) is 5.75 Å². The lowest BCUT2D eigenvalue weighted by molar-refractivity contribution is 0.112. The number of carbonyl (C=O) groups excluding carboxylic acids is 1. The fraction of sp³-hybridized carbons (Fsp3) is 0.364. The van der Waals surface area contributed by atoms with Gasteiger partial charge in [-0.25, -0.2) is 0 Å². The van der Waals surface area contributed by atoms with E-state index in [0.29, 0.717) is 12.2 Å². The van der Waals surface area contributed by atoms with Crippen LogP contribution in [0.3, 0.4) is 0 Å². The predicted octanol–water partition coefficient (Wildman–Crippen LogP) is 3.39. The molecule has 2 nitrogen and oxygen atoms in total. The number of halogens is 1. The molecule has 0 amide bonds. The number of benzene rings is 1. The zero-order valence-electron chi connectivity index (χ0n) is 8.53. The monoisotopic (exact) mass is 288 g/mol. The number of carbonyl (C=O) groups is 1. The van der Waals surface area contributed by atoms with Crippen LogP contribution in [0.25, 0.3) is 0 Å². The van der Waals surface area contributed by atoms with Crippen LogP contribution in [0, 0.1) is 0 Å². The molecule has 0 heterocycles. The third-order valence-corrected chi connectivity index (χ3v) is 3.16. The van der Waals surface area contributed by atoms with Crippen molar-refractivity contribution in [1.82, 2.24) is 0 Å². The molecule has 0 saturated heterocycles. The third-order valence-electron chi connectivity index (χ3n) is 1.84. The summed E-state index contributed by atoms with van der Waals surface area (Å²) in [5.74, 6) is 1.89. The van der Waals surface area contributed by atoms with Gasteiger partial charge in [-0.05, 0) is 52.6 Å². The van der Waals surface area contributed by atoms with Gasteiger partial charge in [0.2, 0.25) is 0 Å². The standard InChI is InChI=1S/C11H13BrO2S/c1-15-6-2-5-14-11-4-3-9(8-13)7-10(11)12/h3-4,7-8H,2,5-6H2,1H3. The maximum atomic E-state index is 10.5. The van der Waals surface area contributed by atoms with Gasteiger partial charge in [0.25, 0.3) is 0 Å². The molecular formula is C11H13BrO2S. The van der Waals surface area contributed by atoms with Crippen LogP contribution in [0.2, 0.25) is 0 Å². The summed E-state index contributed by atoms with van der Waals surface area (Å²) in [5, 5.41) is 0. The number of hydrogen-bond acceptors (Lipinski definition) is 3. The maximum Gasteiger partial charge on any atom is 0.150 e. The molecule has 0 fully saturated rings. The second-order valence-corrected chi connectivity index (χ2v) is 4.84. The van der Waals surface area contributed by atoms with Gasteiger partial charge in [-0.3, -0.25) is 4.79 Å². The average Bonchev–Trinajstić information content (AvgIpc) is 2.26. The van der Waals surface area contributed by atoms with Crippen LogP contribution in [0.5, 0.6) is 5.75 Å². The molecule has 4 heteroatoms. The summed E-state index contributed by atoms with van der Waals surface area (Å²) in [6.07, 6.45) is 3.93. The van der Waals surface area contributed by atoms with Gasteiger partial charge in [-0.15, -0.1) is 0 Å². The topological polar surface area (TPSA) is 26.3 Å². The van der Waals surface area contributed by atoms with E-state index in [0.717, 1.165) is 28.7 Å². The summed E-state index contributed by atoms with van der Waals surface area (Å²) in [5.41, 5.74) is 0.651. The van der Waals surface area contributed by atoms with Crippen LogP contribution in [0.15, 0.2) is 22.7 Å². The van der Waals surface area contributed by atoms with E-state index in [-0.39, 0.29) is 0 Å². The Morgan fingerprint density at radius 2 is 2.33 bits per heavy atom. The summed E-state index contributed by atoms with van der Waals surface area (Å²) in [4.78, 5) is 10.5. The van der Waals surface area contributed by atoms with Gasteiger partial charge in [-0.1, -0.05) is 0 Å². The van der Waals surface area contributed by atoms with E-state index in [1.165, 1.54) is 0 Å². The quantitative estimate of drug-likeness (QED) is 0.593. The van der Waals surface area contributed by atoms with Crippen molar-refractivity contribution in [2.24, 2.45) is 0 Å². The van der Waals surface area contributed by atoms with Crippen LogP contribution in [-0.4, -0.2) is 24.9 Å². The molecule has 1 aromatic rings. The fourth-order valence-corrected chi connectivity index (χ4v) is 2.01. The lowest BCUT2D eigenvalue weighted by atomic mass is 10.2. The summed E-state index contributed by atoms with van der Waals surface area (Å²) >= 11 is 5.18. The molecule has 0 bridgehead atoms. The van der Waals surface area contributed by atoms with Crippen molar-refractivity contribution in [3.63, 3.8) is 0 Å². The largest absolute Gasteiger partial charge is 0.492 e. The maximum absolute atomic E-state index is 10.5. The first kappa shape index (κ1) is 12.6. The van der Waals surface area contributed by atoms with Gasteiger partial charge >= 0.3 is 0 Å². The molecule has 15 heavy (non-hydrogen) atoms. The van der Waals surface area contributed by atoms with E-state index in [9.17, 15) is 4.79 Å². The van der Waals surface area contributed by atoms with Crippen molar-refractivity contribution < 1.29 is 9.53 Å². The first-order valence-electron chi connectivity index (χ1n) is 4.64. The molecule has 0 aromatic heterocycles. The summed E-state index contributed by atoms with van der Waals surface area (Å²) in [7, 11) is 0. The van der Waals surface area contributed by atoms with Crippen molar-refractivity contribution >= 4 is 34.0 Å². The molecule has 1 rings (SSSR count). The smallest absolute Gasteiger partial charge is 0.150 e. The van der Waals surface area contributed by atoms with Crippen LogP contribution in [0.1, 0.15) is 16.8 Å². The van der Waals surface area contributed by atoms with Gasteiger partial charge < -0.3 is 4.74 Å². The average molecular weight is 289 g/mol. The van der Waals surface area contributed by atoms with E-state index in [2.05, 4.69) is 22.2 Å². The highest BCUT2D eigenvalue weighted by atomic mass is 79.9. The molecule has 82 valence electrons. The predicted molar refractivity (Wildman–Crippen MR) is 68.0 cm³/mol. The number of aldehydes is 1. The van der Waals surface area contributed by atoms with Crippen LogP contribution in [0.4, 0.5) is 0 Å². The first-order valence-corrected chi connectivity index (χ1v) is 6.83. The highest BCUT2D eigenvalue weighted by Crippen LogP contribution is 2.25. The SMILES string of the molecule is CSCCCOc1ccc(C=O)cc1Br. The van der Waals surface area contributed by atoms with Gasteiger partial charge in [0, 0.05) is 5.56 Å². The van der Waals surface area contributed by atoms with Crippen LogP contribution >= 0.6 is 27.7 Å². The Hall–Kier alpha value is -0.480. The fourth-order valence-electron chi connectivity index (χ4n) is 1.09. The van der Waals surface area contributed by atoms with Gasteiger partial charge in [-0.2, -0.15) is 11.8 Å². The lowest BCUT2D eigenvalue weighted by Gasteiger charge is -2.07. The van der Waals surface area contributed by atoms with Crippen molar-refractivity contribution in [1.29, 1.82) is 0 Å². The van der Waals surface area contributed by atoms with E-state index in [1.807, 2.05) is 17.8 Å². The molecule has 0 aliphatic rings. The Morgan fingerprint density at radius 3 is 2.93 bits per heavy atom. The Bertz CT molecular complexity index is 328. The Labute approximate surface area is 103 Å². The number of ether oxygens (including phenoxy) is 1. The second kappa shape index (κ2) is 6.90. The zero-order valence-corrected chi connectivity index (χ0v) is 10.9. The van der Waals surface area contributed by atoms with Crippen LogP contribution in [-0.2, 0) is 0 Å². The van der Waals surface area contributed by atoms with E-state index in [4.69, 9.17) is 4.74 Å². The Balaban J connectivity index is 2.50. The van der Waals surface area contributed by atoms with E-state index < -0.39 is 0 Å². The second-order valence-electron chi connectivity index (χ2n) is 3.00. The molecule has 1 aromatic carbocycles. The minimum atomic E-state index is 0.651. The molecule has 0 saturated carbocycles. The molecular weight excluding hydrogens is 276 g/mol. The van der Waals surface area contributed by atoms with Crippen molar-refractivity contribution in [3.05, 3.63) is 28.2 Å². The normalized spacial score (nSPS) is 10.0. The van der Waals surface area contributed by atoms with Crippen LogP contribution < -0.4 is 4.74 Å². The molecule has 0 unspecified atom stereocenters. The molecule has 0 aliphatic carbocycles. The minimum Gasteiger partial charge on any atom is -0.492 e. The highest BCUT2D eigenvalue weighted by Gasteiger charge is 2.01. The van der Waals surface area contributed by atoms with E-state index >= 15 is 0 Å². The van der Waals surface area contributed by atoms with Gasteiger partial charge in [0.05, 0.1) is 11.1 Å². The van der Waals surface area contributed by atoms with Crippen molar-refractivity contribution in [2.75, 3.05) is 18.6 Å². The number of rotatable bonds is 6. The summed E-state index contributed by atoms with van der Waals surface area (Å²) in [6, 6.07) is 5.32. The first-order chi connectivity index (χ1) is 7.27. The molecule has 0 atom stereocenters. The molecule has 0 aliphatic heterocycles. The minimum absolute atomic E-state index is 0.651. The molecule has 0 spiro atoms. The number of thioether (sulfide) groups is 1. The lowest BCUT2D eigenvalue weighted by Crippen LogP contribution is -1.99. The Morgan fingerprint density at radius 1 is 1.53 bits per heavy atom. The summed E-state index contributed by atoms with van der Waals surface area (Å²) < 4.78 is 6.39. The highest BCUT2D eigenvalue weighted by molar-refractivity contribution is 9.10. The number of hydrogen-bond donors (Lipinski definition) is 0. The molecule has 0 radical (unpaired) electrons. The van der Waals surface area contributed by atoms with Gasteiger partial charge in [0.15, 0.2) is 0 Å². The summed E-state index contributed by atoms with van der Waals surface area (Å²) in [6.45, 7) is 0.708. The van der Waals surface area contributed by atoms with E-state index in [1.54, 1.807) is 12.1 Å². The zero-order chi connectivity index (χ0) is 11.1. The molecule has 0 N–H and O–H groups in total. The Kier molecular flexibility index (Phi) is 5.79.